The fourth-order valence-electron chi connectivity index (χ4n) is 9.73. The monoisotopic (exact) mass is 1120 g/mol. The van der Waals surface area contributed by atoms with E-state index in [-0.39, 0.29) is 25.2 Å². The van der Waals surface area contributed by atoms with Crippen molar-refractivity contribution in [2.24, 2.45) is 0 Å². The second-order valence-electron chi connectivity index (χ2n) is 18.8. The molecule has 30 atom stereocenters. The minimum atomic E-state index is -2.16. The number of hydrogen-bond acceptors (Lipinski definition) is 32. The molecule has 16 fully saturated rings. The number of rotatable bonds is 14. The van der Waals surface area contributed by atoms with E-state index in [1.807, 2.05) is 0 Å². The summed E-state index contributed by atoms with van der Waals surface area (Å²) in [7, 11) is 0. The third-order valence-corrected chi connectivity index (χ3v) is 14.9. The molecular formula is C42H70O32S. The lowest BCUT2D eigenvalue weighted by Gasteiger charge is -2.51. The summed E-state index contributed by atoms with van der Waals surface area (Å²) in [6, 6.07) is 0. The highest BCUT2D eigenvalue weighted by Crippen LogP contribution is 2.38. The minimum absolute atomic E-state index is 0.128. The number of aliphatic carboxylic acids is 1. The van der Waals surface area contributed by atoms with Crippen LogP contribution in [0.15, 0.2) is 0 Å². The van der Waals surface area contributed by atoms with Gasteiger partial charge in [0.1, 0.15) is 146 Å². The summed E-state index contributed by atoms with van der Waals surface area (Å²) in [4.78, 5) is 11.0. The first-order chi connectivity index (χ1) is 35.8. The summed E-state index contributed by atoms with van der Waals surface area (Å²) in [5.74, 6) is -0.402. The first kappa shape index (κ1) is 61.2. The van der Waals surface area contributed by atoms with Gasteiger partial charge in [-0.1, -0.05) is 0 Å². The number of ether oxygens (including phenoxy) is 13. The van der Waals surface area contributed by atoms with Gasteiger partial charge >= 0.3 is 5.97 Å². The Morgan fingerprint density at radius 1 is 0.347 bits per heavy atom. The highest BCUT2D eigenvalue weighted by atomic mass is 32.2. The molecule has 436 valence electrons. The number of hydrogen-bond donors (Lipinski definition) is 18. The van der Waals surface area contributed by atoms with Crippen LogP contribution < -0.4 is 0 Å². The summed E-state index contributed by atoms with van der Waals surface area (Å²) in [6.45, 7) is -6.20. The van der Waals surface area contributed by atoms with Crippen LogP contribution in [-0.2, 0) is 66.4 Å². The van der Waals surface area contributed by atoms with Gasteiger partial charge in [-0.25, -0.2) is 0 Å². The molecule has 0 saturated carbocycles. The average molecular weight is 1120 g/mol. The molecule has 32 nitrogen and oxygen atoms in total. The molecule has 0 aromatic rings. The van der Waals surface area contributed by atoms with E-state index >= 15 is 0 Å². The summed E-state index contributed by atoms with van der Waals surface area (Å²) < 4.78 is 75.6. The van der Waals surface area contributed by atoms with E-state index in [1.54, 1.807) is 0 Å². The topological polar surface area (TPSA) is 501 Å². The van der Waals surface area contributed by atoms with Crippen LogP contribution >= 0.6 is 11.8 Å². The van der Waals surface area contributed by atoms with Crippen LogP contribution in [0.4, 0.5) is 0 Å². The predicted molar refractivity (Wildman–Crippen MR) is 234 cm³/mol. The molecule has 0 spiro atoms. The van der Waals surface area contributed by atoms with E-state index in [0.717, 1.165) is 0 Å². The average Bonchev–Trinajstić information content (AvgIpc) is 3.39. The van der Waals surface area contributed by atoms with Crippen LogP contribution in [0.5, 0.6) is 0 Å². The Hall–Kier alpha value is -1.38. The number of carbonyl (C=O) groups is 1. The maximum Gasteiger partial charge on any atom is 0.304 e. The molecule has 0 amide bonds. The molecule has 16 heterocycles. The van der Waals surface area contributed by atoms with Gasteiger partial charge in [0.05, 0.1) is 46.1 Å². The van der Waals surface area contributed by atoms with Gasteiger partial charge in [0.2, 0.25) is 0 Å². The zero-order valence-corrected chi connectivity index (χ0v) is 40.6. The van der Waals surface area contributed by atoms with E-state index in [4.69, 9.17) is 66.7 Å². The van der Waals surface area contributed by atoms with Crippen molar-refractivity contribution in [1.29, 1.82) is 0 Å². The van der Waals surface area contributed by atoms with E-state index < -0.39 is 230 Å². The number of carboxylic acids is 1. The van der Waals surface area contributed by atoms with Crippen molar-refractivity contribution in [3.8, 4) is 0 Å². The highest BCUT2D eigenvalue weighted by molar-refractivity contribution is 7.99. The Balaban J connectivity index is 1.20. The fraction of sp³-hybridized carbons (Fsp3) is 0.976. The largest absolute Gasteiger partial charge is 0.481 e. The lowest BCUT2D eigenvalue weighted by atomic mass is 9.94. The zero-order chi connectivity index (χ0) is 54.6. The number of aliphatic hydroxyl groups is 17. The molecule has 75 heavy (non-hydrogen) atoms. The van der Waals surface area contributed by atoms with Gasteiger partial charge in [0.25, 0.3) is 0 Å². The molecule has 0 aromatic carbocycles. The SMILES string of the molecule is O=C(O)CCSCCCO[C@H]1[C@H]2O[C@H]3[C@H](O)[C@@H](O)[C@@H](O[C@H]4[C@H](O)[C@@H](O)[C@@H](O[C@H]5[C@H](O)[C@@H](O)[C@@H](O[C@H]6[C@H](O)[C@@H](O)[C@@H](O[C@H]7[C@H](O)[C@@H](O)[C@@H](O[C@@H]([C@@H]1O)[C@@H](CO)O2)O[C@@H]7CO)O[C@@H]6CO)O[C@@H]5CO)O[C@@H]4CO)O[C@@H]3CO. The highest BCUT2D eigenvalue weighted by Gasteiger charge is 2.59. The smallest absolute Gasteiger partial charge is 0.304 e. The Morgan fingerprint density at radius 2 is 0.600 bits per heavy atom. The lowest BCUT2D eigenvalue weighted by molar-refractivity contribution is -0.405. The molecule has 0 radical (unpaired) electrons. The van der Waals surface area contributed by atoms with E-state index in [0.29, 0.717) is 5.75 Å². The van der Waals surface area contributed by atoms with Crippen molar-refractivity contribution in [2.75, 3.05) is 57.8 Å². The van der Waals surface area contributed by atoms with Gasteiger partial charge in [-0.15, -0.1) is 0 Å². The zero-order valence-electron chi connectivity index (χ0n) is 39.8. The van der Waals surface area contributed by atoms with Crippen LogP contribution in [0.25, 0.3) is 0 Å². The molecule has 16 saturated heterocycles. The first-order valence-electron chi connectivity index (χ1n) is 24.2. The summed E-state index contributed by atoms with van der Waals surface area (Å²) in [6.07, 6.45) is -57.8. The normalized spacial score (nSPS) is 50.1. The Morgan fingerprint density at radius 3 is 0.867 bits per heavy atom. The second kappa shape index (κ2) is 27.4. The van der Waals surface area contributed by atoms with Crippen molar-refractivity contribution in [2.45, 2.75) is 197 Å². The molecule has 18 N–H and O–H groups in total. The van der Waals surface area contributed by atoms with Gasteiger partial charge < -0.3 is 153 Å². The maximum atomic E-state index is 12.0. The Bertz CT molecular complexity index is 1740. The van der Waals surface area contributed by atoms with Crippen LogP contribution in [0.3, 0.4) is 0 Å². The molecule has 16 rings (SSSR count). The van der Waals surface area contributed by atoms with Crippen molar-refractivity contribution in [3.05, 3.63) is 0 Å². The van der Waals surface area contributed by atoms with Crippen LogP contribution in [0, 0.1) is 0 Å². The standard InChI is InChI=1S/C42H70O32S/c43-6-12-30-19(51)24(56)37(63-12)69-31-13(7-44)64-39(25(57)20(31)52)71-33-15(9-46)66-41(27(59)22(33)54)73-35-17(11-48)68-42(36(29(35)61)62-3-1-4-75-5-2-18(49)50)74-34-16(10-47)67-40(28(60)23(34)55)72-32-14(8-45)65-38(70-30)26(58)21(32)53/h12-17,19-48,51-61H,1-11H2,(H,49,50)/t12-,13-,14-,15-,16-,17-,19-,20-,21-,22-,23-,24-,25-,26-,27-,28-,29+,30-,31-,32-,33-,34-,35-,36-,37-,38-,39-,40-,41-,42-/m1/s1. The third kappa shape index (κ3) is 13.4. The molecule has 16 aliphatic heterocycles. The van der Waals surface area contributed by atoms with Gasteiger partial charge in [0, 0.05) is 12.4 Å². The van der Waals surface area contributed by atoms with Crippen molar-refractivity contribution in [1.82, 2.24) is 0 Å². The minimum Gasteiger partial charge on any atom is -0.481 e. The van der Waals surface area contributed by atoms with Crippen LogP contribution in [0.2, 0.25) is 0 Å². The summed E-state index contributed by atoms with van der Waals surface area (Å²) in [5.41, 5.74) is 0. The van der Waals surface area contributed by atoms with Crippen LogP contribution in [-0.4, -0.2) is 340 Å². The van der Waals surface area contributed by atoms with Crippen molar-refractivity contribution < 1.29 is 158 Å². The fourth-order valence-corrected chi connectivity index (χ4v) is 10.6. The Labute approximate surface area is 430 Å². The second-order valence-corrected chi connectivity index (χ2v) is 20.0. The van der Waals surface area contributed by atoms with E-state index in [1.165, 1.54) is 11.8 Å². The van der Waals surface area contributed by atoms with Gasteiger partial charge in [-0.05, 0) is 12.2 Å². The van der Waals surface area contributed by atoms with Crippen LogP contribution in [0.1, 0.15) is 12.8 Å². The van der Waals surface area contributed by atoms with Gasteiger partial charge in [0.15, 0.2) is 37.7 Å². The summed E-state index contributed by atoms with van der Waals surface area (Å²) >= 11 is 1.27. The van der Waals surface area contributed by atoms with Crippen molar-refractivity contribution in [3.63, 3.8) is 0 Å². The molecule has 16 aliphatic rings. The molecule has 0 aliphatic carbocycles. The summed E-state index contributed by atoms with van der Waals surface area (Å²) in [5, 5.41) is 197. The maximum absolute atomic E-state index is 12.0. The van der Waals surface area contributed by atoms with Gasteiger partial charge in [-0.3, -0.25) is 4.79 Å². The van der Waals surface area contributed by atoms with Gasteiger partial charge in [-0.2, -0.15) is 11.8 Å². The quantitative estimate of drug-likeness (QED) is 0.0718. The van der Waals surface area contributed by atoms with E-state index in [9.17, 15) is 91.6 Å². The first-order valence-corrected chi connectivity index (χ1v) is 25.4. The third-order valence-electron chi connectivity index (χ3n) is 13.9. The number of carboxylic acid groups (broad SMARTS) is 1. The molecule has 0 unspecified atom stereocenters. The number of thioether (sulfide) groups is 1. The predicted octanol–water partition coefficient (Wildman–Crippen LogP) is -11.4. The number of aliphatic hydroxyl groups excluding tert-OH is 17. The Kier molecular flexibility index (Phi) is 22.4. The lowest BCUT2D eigenvalue weighted by Crippen LogP contribution is -2.69. The molecule has 0 aromatic heterocycles. The molecular weight excluding hydrogens is 1050 g/mol. The van der Waals surface area contributed by atoms with Crippen molar-refractivity contribution >= 4 is 17.7 Å². The van der Waals surface area contributed by atoms with E-state index in [2.05, 4.69) is 0 Å². The molecule has 12 bridgehead atoms. The molecule has 33 heteroatoms.